The first-order chi connectivity index (χ1) is 23.0. The summed E-state index contributed by atoms with van der Waals surface area (Å²) in [6.07, 6.45) is -0.809. The summed E-state index contributed by atoms with van der Waals surface area (Å²) in [5, 5.41) is 12.2. The summed E-state index contributed by atoms with van der Waals surface area (Å²) in [5.41, 5.74) is 0.371. The molecule has 0 amide bonds. The highest BCUT2D eigenvalue weighted by Gasteiger charge is 2.64. The quantitative estimate of drug-likeness (QED) is 0.0712. The lowest BCUT2D eigenvalue weighted by molar-refractivity contribution is -0.121. The van der Waals surface area contributed by atoms with Gasteiger partial charge < -0.3 is 37.4 Å². The Morgan fingerprint density at radius 1 is 0.880 bits per heavy atom. The van der Waals surface area contributed by atoms with E-state index in [2.05, 4.69) is 102 Å². The van der Waals surface area contributed by atoms with Crippen molar-refractivity contribution in [2.24, 2.45) is 17.8 Å². The second-order valence-corrected chi connectivity index (χ2v) is 32.3. The highest BCUT2D eigenvalue weighted by atomic mass is 28.4. The SMILES string of the molecule is CC[Si](CC)(CC)OC[C@H](C=O)[C@@H](O)[C@H](CO[Si](C)(C)C(C)(C)C)[C@H](O[Si](C)(C)C(C)(C)C)[C@@]1(C)O[C@@H]1[C@@H](C)COCc1ccc(OC)cc1. The largest absolute Gasteiger partial charge is 0.497 e. The number of carbonyl (C=O) groups is 1. The Morgan fingerprint density at radius 3 is 1.88 bits per heavy atom. The maximum atomic E-state index is 12.8. The summed E-state index contributed by atoms with van der Waals surface area (Å²) >= 11 is 0. The zero-order valence-electron chi connectivity index (χ0n) is 34.6. The Labute approximate surface area is 309 Å². The number of aliphatic hydroxyl groups is 1. The van der Waals surface area contributed by atoms with Crippen LogP contribution in [-0.2, 0) is 34.2 Å². The van der Waals surface area contributed by atoms with Gasteiger partial charge in [-0.05, 0) is 79.0 Å². The summed E-state index contributed by atoms with van der Waals surface area (Å²) in [4.78, 5) is 12.8. The number of hydrogen-bond donors (Lipinski definition) is 1. The average molecular weight is 755 g/mol. The van der Waals surface area contributed by atoms with E-state index in [-0.39, 0.29) is 35.3 Å². The highest BCUT2D eigenvalue weighted by molar-refractivity contribution is 6.74. The van der Waals surface area contributed by atoms with Gasteiger partial charge in [0.15, 0.2) is 25.0 Å². The molecule has 0 unspecified atom stereocenters. The van der Waals surface area contributed by atoms with Crippen LogP contribution in [0.2, 0.25) is 54.4 Å². The molecule has 1 aliphatic rings. The third-order valence-electron chi connectivity index (χ3n) is 12.4. The van der Waals surface area contributed by atoms with Gasteiger partial charge in [0.2, 0.25) is 0 Å². The standard InChI is InChI=1S/C39H74O8Si3/c1-17-50(18-2,19-3)45-27-31(24-40)34(41)33(28-44-48(13,14)37(5,6)7)36(47-49(15,16)38(8,9)10)39(11)35(46-39)29(4)25-43-26-30-20-22-32(42-12)23-21-30/h20-24,29,31,33-36,41H,17-19,25-28H2,1-16H3/t29-,31-,33-,34+,35+,36-,39-/m0/s1. The second kappa shape index (κ2) is 18.0. The van der Waals surface area contributed by atoms with E-state index in [0.717, 1.165) is 35.7 Å². The summed E-state index contributed by atoms with van der Waals surface area (Å²) in [7, 11) is -4.97. The first-order valence-electron chi connectivity index (χ1n) is 19.0. The maximum Gasteiger partial charge on any atom is 0.192 e. The predicted octanol–water partition coefficient (Wildman–Crippen LogP) is 9.23. The van der Waals surface area contributed by atoms with Gasteiger partial charge in [0.1, 0.15) is 17.6 Å². The fourth-order valence-electron chi connectivity index (χ4n) is 6.20. The molecule has 0 aliphatic carbocycles. The van der Waals surface area contributed by atoms with Crippen LogP contribution in [0, 0.1) is 17.8 Å². The number of ether oxygens (including phenoxy) is 3. The summed E-state index contributed by atoms with van der Waals surface area (Å²) in [6, 6.07) is 10.8. The molecule has 11 heteroatoms. The number of benzene rings is 1. The number of aliphatic hydroxyl groups excluding tert-OH is 1. The van der Waals surface area contributed by atoms with Gasteiger partial charge >= 0.3 is 0 Å². The first kappa shape index (κ1) is 45.3. The lowest BCUT2D eigenvalue weighted by Gasteiger charge is -2.46. The Balaban J connectivity index is 2.49. The smallest absolute Gasteiger partial charge is 0.192 e. The number of hydrogen-bond acceptors (Lipinski definition) is 8. The Morgan fingerprint density at radius 2 is 1.42 bits per heavy atom. The normalized spacial score (nSPS) is 22.1. The van der Waals surface area contributed by atoms with E-state index >= 15 is 0 Å². The molecule has 7 atom stereocenters. The van der Waals surface area contributed by atoms with Crippen LogP contribution in [0.25, 0.3) is 0 Å². The van der Waals surface area contributed by atoms with Gasteiger partial charge in [0, 0.05) is 25.0 Å². The van der Waals surface area contributed by atoms with Gasteiger partial charge in [0.25, 0.3) is 0 Å². The lowest BCUT2D eigenvalue weighted by atomic mass is 9.80. The second-order valence-electron chi connectivity index (χ2n) is 17.9. The van der Waals surface area contributed by atoms with E-state index < -0.39 is 54.6 Å². The van der Waals surface area contributed by atoms with E-state index in [1.165, 1.54) is 0 Å². The molecule has 50 heavy (non-hydrogen) atoms. The molecule has 2 rings (SSSR count). The summed E-state index contributed by atoms with van der Waals surface area (Å²) in [6.45, 7) is 34.5. The van der Waals surface area contributed by atoms with Crippen LogP contribution < -0.4 is 4.74 Å². The highest BCUT2D eigenvalue weighted by Crippen LogP contribution is 2.51. The zero-order chi connectivity index (χ0) is 38.3. The van der Waals surface area contributed by atoms with Gasteiger partial charge in [-0.3, -0.25) is 0 Å². The molecule has 1 aromatic carbocycles. The molecule has 0 radical (unpaired) electrons. The molecular weight excluding hydrogens is 681 g/mol. The number of rotatable bonds is 22. The third kappa shape index (κ3) is 11.3. The van der Waals surface area contributed by atoms with E-state index in [9.17, 15) is 9.90 Å². The van der Waals surface area contributed by atoms with Crippen molar-refractivity contribution in [3.8, 4) is 5.75 Å². The molecule has 8 nitrogen and oxygen atoms in total. The van der Waals surface area contributed by atoms with E-state index in [4.69, 9.17) is 27.5 Å². The summed E-state index contributed by atoms with van der Waals surface area (Å²) in [5.74, 6) is -0.341. The Kier molecular flexibility index (Phi) is 16.2. The van der Waals surface area contributed by atoms with Crippen molar-refractivity contribution in [1.82, 2.24) is 0 Å². The van der Waals surface area contributed by atoms with Crippen molar-refractivity contribution in [3.05, 3.63) is 29.8 Å². The van der Waals surface area contributed by atoms with Crippen molar-refractivity contribution >= 4 is 31.2 Å². The number of carbonyl (C=O) groups excluding carboxylic acids is 1. The van der Waals surface area contributed by atoms with Crippen LogP contribution in [0.1, 0.15) is 81.7 Å². The molecule has 1 heterocycles. The molecule has 0 bridgehead atoms. The third-order valence-corrected chi connectivity index (χ3v) is 26.0. The monoisotopic (exact) mass is 754 g/mol. The van der Waals surface area contributed by atoms with Gasteiger partial charge in [0.05, 0.1) is 44.6 Å². The molecule has 1 aliphatic heterocycles. The molecule has 0 saturated carbocycles. The first-order valence-corrected chi connectivity index (χ1v) is 27.3. The van der Waals surface area contributed by atoms with Crippen molar-refractivity contribution in [2.75, 3.05) is 26.9 Å². The van der Waals surface area contributed by atoms with Crippen LogP contribution in [0.4, 0.5) is 0 Å². The fraction of sp³-hybridized carbons (Fsp3) is 0.821. The van der Waals surface area contributed by atoms with Crippen LogP contribution in [0.5, 0.6) is 5.75 Å². The van der Waals surface area contributed by atoms with Crippen molar-refractivity contribution in [1.29, 1.82) is 0 Å². The fourth-order valence-corrected chi connectivity index (χ4v) is 11.3. The number of aldehydes is 1. The minimum atomic E-state index is -2.40. The van der Waals surface area contributed by atoms with Crippen molar-refractivity contribution in [2.45, 2.75) is 161 Å². The molecule has 290 valence electrons. The van der Waals surface area contributed by atoms with Crippen molar-refractivity contribution < 1.29 is 37.4 Å². The summed E-state index contributed by atoms with van der Waals surface area (Å²) < 4.78 is 39.0. The Bertz CT molecular complexity index is 1170. The van der Waals surface area contributed by atoms with E-state index in [0.29, 0.717) is 13.2 Å². The van der Waals surface area contributed by atoms with Crippen LogP contribution in [0.3, 0.4) is 0 Å². The maximum absolute atomic E-state index is 12.8. The van der Waals surface area contributed by atoms with Crippen LogP contribution in [0.15, 0.2) is 24.3 Å². The van der Waals surface area contributed by atoms with Crippen molar-refractivity contribution in [3.63, 3.8) is 0 Å². The van der Waals surface area contributed by atoms with Crippen LogP contribution in [-0.4, -0.2) is 87.2 Å². The van der Waals surface area contributed by atoms with Gasteiger partial charge in [-0.25, -0.2) is 0 Å². The molecule has 1 aromatic rings. The Hall–Kier alpha value is -0.899. The molecule has 1 fully saturated rings. The molecule has 0 spiro atoms. The van der Waals surface area contributed by atoms with Crippen LogP contribution >= 0.6 is 0 Å². The molecular formula is C39H74O8Si3. The minimum Gasteiger partial charge on any atom is -0.497 e. The average Bonchev–Trinajstić information content (AvgIpc) is 3.74. The van der Waals surface area contributed by atoms with Gasteiger partial charge in [-0.2, -0.15) is 0 Å². The zero-order valence-corrected chi connectivity index (χ0v) is 37.6. The van der Waals surface area contributed by atoms with E-state index in [1.54, 1.807) is 7.11 Å². The molecule has 1 saturated heterocycles. The van der Waals surface area contributed by atoms with Gasteiger partial charge in [-0.15, -0.1) is 0 Å². The minimum absolute atomic E-state index is 0.0295. The number of methoxy groups -OCH3 is 1. The molecule has 0 aromatic heterocycles. The molecule has 1 N–H and O–H groups in total. The van der Waals surface area contributed by atoms with E-state index in [1.807, 2.05) is 24.3 Å². The van der Waals surface area contributed by atoms with Gasteiger partial charge in [-0.1, -0.05) is 81.4 Å². The number of epoxide rings is 1. The topological polar surface area (TPSA) is 96.0 Å². The lowest BCUT2D eigenvalue weighted by Crippen LogP contribution is -2.57. The predicted molar refractivity (Wildman–Crippen MR) is 213 cm³/mol.